The molecule has 0 spiro atoms. The van der Waals surface area contributed by atoms with Crippen LogP contribution in [0.15, 0.2) is 47.4 Å². The SMILES string of the molecule is Cc1ccc(/C=C2\SC(=O)N(CCNC(=O)c3ccc(F)c(C)c3)C2=O)cc1. The number of hydrogen-bond acceptors (Lipinski definition) is 4. The number of hydrogen-bond donors (Lipinski definition) is 1. The highest BCUT2D eigenvalue weighted by Gasteiger charge is 2.34. The van der Waals surface area contributed by atoms with Crippen LogP contribution in [0.1, 0.15) is 27.0 Å². The van der Waals surface area contributed by atoms with E-state index >= 15 is 0 Å². The van der Waals surface area contributed by atoms with Gasteiger partial charge < -0.3 is 5.32 Å². The smallest absolute Gasteiger partial charge is 0.293 e. The Morgan fingerprint density at radius 1 is 1.14 bits per heavy atom. The minimum absolute atomic E-state index is 0.0713. The van der Waals surface area contributed by atoms with Gasteiger partial charge in [-0.3, -0.25) is 19.3 Å². The van der Waals surface area contributed by atoms with Crippen molar-refractivity contribution in [3.8, 4) is 0 Å². The molecule has 0 atom stereocenters. The van der Waals surface area contributed by atoms with Crippen LogP contribution in [-0.2, 0) is 4.79 Å². The van der Waals surface area contributed by atoms with E-state index < -0.39 is 0 Å². The second kappa shape index (κ2) is 8.39. The highest BCUT2D eigenvalue weighted by Crippen LogP contribution is 2.31. The molecule has 3 rings (SSSR count). The first-order valence-corrected chi connectivity index (χ1v) is 9.53. The number of carbonyl (C=O) groups is 3. The number of carbonyl (C=O) groups excluding carboxylic acids is 3. The molecule has 1 saturated heterocycles. The zero-order valence-corrected chi connectivity index (χ0v) is 16.3. The average Bonchev–Trinajstić information content (AvgIpc) is 2.93. The first-order valence-electron chi connectivity index (χ1n) is 8.71. The Labute approximate surface area is 166 Å². The van der Waals surface area contributed by atoms with Gasteiger partial charge in [-0.1, -0.05) is 29.8 Å². The van der Waals surface area contributed by atoms with Crippen LogP contribution in [0.2, 0.25) is 0 Å². The number of aryl methyl sites for hydroxylation is 2. The zero-order valence-electron chi connectivity index (χ0n) is 15.5. The minimum atomic E-state index is -0.384. The lowest BCUT2D eigenvalue weighted by molar-refractivity contribution is -0.122. The van der Waals surface area contributed by atoms with Crippen LogP contribution in [0.25, 0.3) is 6.08 Å². The van der Waals surface area contributed by atoms with Gasteiger partial charge in [0.1, 0.15) is 5.82 Å². The normalized spacial score (nSPS) is 15.4. The predicted octanol–water partition coefficient (Wildman–Crippen LogP) is 3.91. The third kappa shape index (κ3) is 4.48. The second-order valence-electron chi connectivity index (χ2n) is 6.46. The van der Waals surface area contributed by atoms with Crippen molar-refractivity contribution in [2.45, 2.75) is 13.8 Å². The third-order valence-electron chi connectivity index (χ3n) is 4.29. The first-order chi connectivity index (χ1) is 13.3. The van der Waals surface area contributed by atoms with E-state index in [9.17, 15) is 18.8 Å². The predicted molar refractivity (Wildman–Crippen MR) is 107 cm³/mol. The Morgan fingerprint density at radius 3 is 2.54 bits per heavy atom. The Hall–Kier alpha value is -2.93. The summed E-state index contributed by atoms with van der Waals surface area (Å²) in [5, 5.41) is 2.28. The van der Waals surface area contributed by atoms with Crippen LogP contribution in [0, 0.1) is 19.7 Å². The summed E-state index contributed by atoms with van der Waals surface area (Å²) in [5.41, 5.74) is 2.65. The van der Waals surface area contributed by atoms with Gasteiger partial charge in [0.25, 0.3) is 17.1 Å². The van der Waals surface area contributed by atoms with Gasteiger partial charge in [0, 0.05) is 18.7 Å². The first kappa shape index (κ1) is 19.8. The summed E-state index contributed by atoms with van der Waals surface area (Å²) in [6, 6.07) is 11.7. The molecule has 0 bridgehead atoms. The lowest BCUT2D eigenvalue weighted by Gasteiger charge is -2.13. The lowest BCUT2D eigenvalue weighted by Crippen LogP contribution is -2.37. The quantitative estimate of drug-likeness (QED) is 0.776. The Kier molecular flexibility index (Phi) is 5.94. The number of benzene rings is 2. The van der Waals surface area contributed by atoms with E-state index in [2.05, 4.69) is 5.32 Å². The fourth-order valence-electron chi connectivity index (χ4n) is 2.68. The van der Waals surface area contributed by atoms with Crippen LogP contribution in [0.5, 0.6) is 0 Å². The van der Waals surface area contributed by atoms with Gasteiger partial charge in [0.05, 0.1) is 4.91 Å². The second-order valence-corrected chi connectivity index (χ2v) is 7.46. The van der Waals surface area contributed by atoms with Crippen molar-refractivity contribution in [2.24, 2.45) is 0 Å². The van der Waals surface area contributed by atoms with E-state index in [0.717, 1.165) is 27.8 Å². The van der Waals surface area contributed by atoms with E-state index in [0.29, 0.717) is 16.0 Å². The molecule has 0 unspecified atom stereocenters. The molecule has 7 heteroatoms. The number of nitrogens with one attached hydrogen (secondary N) is 1. The zero-order chi connectivity index (χ0) is 20.3. The van der Waals surface area contributed by atoms with Gasteiger partial charge in [-0.2, -0.15) is 0 Å². The van der Waals surface area contributed by atoms with Gasteiger partial charge in [0.2, 0.25) is 0 Å². The van der Waals surface area contributed by atoms with E-state index in [-0.39, 0.29) is 36.0 Å². The molecule has 1 aliphatic heterocycles. The highest BCUT2D eigenvalue weighted by molar-refractivity contribution is 8.18. The molecular formula is C21H19FN2O3S. The number of halogens is 1. The summed E-state index contributed by atoms with van der Waals surface area (Å²) in [7, 11) is 0. The van der Waals surface area contributed by atoms with Gasteiger partial charge in [-0.25, -0.2) is 4.39 Å². The molecule has 0 aromatic heterocycles. The largest absolute Gasteiger partial charge is 0.350 e. The molecule has 3 amide bonds. The van der Waals surface area contributed by atoms with E-state index in [1.54, 1.807) is 13.0 Å². The van der Waals surface area contributed by atoms with Crippen LogP contribution < -0.4 is 5.32 Å². The molecule has 1 aliphatic rings. The van der Waals surface area contributed by atoms with Crippen LogP contribution in [0.3, 0.4) is 0 Å². The number of thioether (sulfide) groups is 1. The maximum atomic E-state index is 13.3. The summed E-state index contributed by atoms with van der Waals surface area (Å²) in [6.45, 7) is 3.74. The van der Waals surface area contributed by atoms with Crippen molar-refractivity contribution in [1.29, 1.82) is 0 Å². The average molecular weight is 398 g/mol. The van der Waals surface area contributed by atoms with Crippen molar-refractivity contribution in [3.05, 3.63) is 75.4 Å². The van der Waals surface area contributed by atoms with Gasteiger partial charge >= 0.3 is 0 Å². The van der Waals surface area contributed by atoms with Gasteiger partial charge in [-0.05, 0) is 61.0 Å². The fourth-order valence-corrected chi connectivity index (χ4v) is 3.54. The molecule has 2 aromatic rings. The molecule has 0 radical (unpaired) electrons. The van der Waals surface area contributed by atoms with Crippen molar-refractivity contribution in [1.82, 2.24) is 10.2 Å². The summed E-state index contributed by atoms with van der Waals surface area (Å²) < 4.78 is 13.3. The number of rotatable bonds is 5. The highest BCUT2D eigenvalue weighted by atomic mass is 32.2. The molecule has 2 aromatic carbocycles. The summed E-state index contributed by atoms with van der Waals surface area (Å²) >= 11 is 0.884. The molecule has 5 nitrogen and oxygen atoms in total. The maximum Gasteiger partial charge on any atom is 0.293 e. The van der Waals surface area contributed by atoms with Gasteiger partial charge in [0.15, 0.2) is 0 Å². The molecule has 0 aliphatic carbocycles. The Bertz CT molecular complexity index is 970. The number of amides is 3. The van der Waals surface area contributed by atoms with Crippen LogP contribution >= 0.6 is 11.8 Å². The van der Waals surface area contributed by atoms with Crippen molar-refractivity contribution in [3.63, 3.8) is 0 Å². The summed E-state index contributed by atoms with van der Waals surface area (Å²) in [5.74, 6) is -1.14. The van der Waals surface area contributed by atoms with Crippen molar-refractivity contribution >= 4 is 34.9 Å². The molecular weight excluding hydrogens is 379 g/mol. The minimum Gasteiger partial charge on any atom is -0.350 e. The molecule has 28 heavy (non-hydrogen) atoms. The topological polar surface area (TPSA) is 66.5 Å². The number of imide groups is 1. The fraction of sp³-hybridized carbons (Fsp3) is 0.190. The Balaban J connectivity index is 1.59. The standard InChI is InChI=1S/C21H19FN2O3S/c1-13-3-5-15(6-4-13)12-18-20(26)24(21(27)28-18)10-9-23-19(25)16-7-8-17(22)14(2)11-16/h3-8,11-12H,9-10H2,1-2H3,(H,23,25)/b18-12-. The summed E-state index contributed by atoms with van der Waals surface area (Å²) in [6.07, 6.45) is 1.68. The molecule has 0 saturated carbocycles. The molecule has 1 fully saturated rings. The monoisotopic (exact) mass is 398 g/mol. The van der Waals surface area contributed by atoms with Crippen LogP contribution in [-0.4, -0.2) is 35.0 Å². The number of nitrogens with zero attached hydrogens (tertiary/aromatic N) is 1. The Morgan fingerprint density at radius 2 is 1.86 bits per heavy atom. The molecule has 1 heterocycles. The van der Waals surface area contributed by atoms with E-state index in [1.807, 2.05) is 31.2 Å². The maximum absolute atomic E-state index is 13.3. The van der Waals surface area contributed by atoms with Crippen molar-refractivity contribution in [2.75, 3.05) is 13.1 Å². The van der Waals surface area contributed by atoms with Crippen LogP contribution in [0.4, 0.5) is 9.18 Å². The van der Waals surface area contributed by atoms with Gasteiger partial charge in [-0.15, -0.1) is 0 Å². The van der Waals surface area contributed by atoms with E-state index in [4.69, 9.17) is 0 Å². The summed E-state index contributed by atoms with van der Waals surface area (Å²) in [4.78, 5) is 38.2. The van der Waals surface area contributed by atoms with E-state index in [1.165, 1.54) is 18.2 Å². The van der Waals surface area contributed by atoms with Crippen molar-refractivity contribution < 1.29 is 18.8 Å². The third-order valence-corrected chi connectivity index (χ3v) is 5.20. The molecule has 144 valence electrons. The molecule has 1 N–H and O–H groups in total. The lowest BCUT2D eigenvalue weighted by atomic mass is 10.1.